The Morgan fingerprint density at radius 1 is 1.19 bits per heavy atom. The van der Waals surface area contributed by atoms with Gasteiger partial charge in [-0.25, -0.2) is 4.39 Å². The van der Waals surface area contributed by atoms with Crippen LogP contribution in [0.25, 0.3) is 0 Å². The van der Waals surface area contributed by atoms with Gasteiger partial charge in [-0.2, -0.15) is 0 Å². The van der Waals surface area contributed by atoms with Gasteiger partial charge in [0.2, 0.25) is 5.76 Å². The van der Waals surface area contributed by atoms with Crippen molar-refractivity contribution in [1.29, 1.82) is 0 Å². The lowest BCUT2D eigenvalue weighted by atomic mass is 10.1. The van der Waals surface area contributed by atoms with Crippen molar-refractivity contribution in [3.05, 3.63) is 71.1 Å². The first-order valence-corrected chi connectivity index (χ1v) is 10.2. The predicted octanol–water partition coefficient (Wildman–Crippen LogP) is 3.71. The molecule has 2 amide bonds. The number of nitrogens with one attached hydrogen (secondary N) is 3. The quantitative estimate of drug-likeness (QED) is 0.544. The Morgan fingerprint density at radius 3 is 2.72 bits per heavy atom. The summed E-state index contributed by atoms with van der Waals surface area (Å²) in [6.45, 7) is 4.67. The summed E-state index contributed by atoms with van der Waals surface area (Å²) in [7, 11) is 0. The van der Waals surface area contributed by atoms with Gasteiger partial charge in [0.25, 0.3) is 11.8 Å². The van der Waals surface area contributed by atoms with Gasteiger partial charge in [-0.05, 0) is 55.3 Å². The molecule has 2 aromatic carbocycles. The standard InChI is InChI=1S/C23H24FN5O3/c1-14-3-4-18(10-20(14)28-23(31)21-5-6-26-32-21)27-22(30)17-7-16(11-24)8-19(9-17)29-12-15(2)25-13-29/h3-10,15,25H,11-13H2,1-2H3,(H,27,30)(H,28,31). The number of carbonyl (C=O) groups excluding carboxylic acids is 2. The Balaban J connectivity index is 1.53. The first kappa shape index (κ1) is 21.5. The number of benzene rings is 2. The molecule has 0 saturated carbocycles. The third-order valence-electron chi connectivity index (χ3n) is 5.29. The summed E-state index contributed by atoms with van der Waals surface area (Å²) in [4.78, 5) is 27.3. The third kappa shape index (κ3) is 4.78. The normalized spacial score (nSPS) is 15.6. The zero-order valence-electron chi connectivity index (χ0n) is 17.8. The minimum atomic E-state index is -0.659. The molecule has 4 rings (SSSR count). The fourth-order valence-corrected chi connectivity index (χ4v) is 3.54. The van der Waals surface area contributed by atoms with E-state index in [-0.39, 0.29) is 11.7 Å². The molecule has 0 spiro atoms. The molecule has 0 bridgehead atoms. The number of hydrogen-bond acceptors (Lipinski definition) is 6. The van der Waals surface area contributed by atoms with Gasteiger partial charge < -0.3 is 20.1 Å². The molecule has 166 valence electrons. The van der Waals surface area contributed by atoms with Crippen molar-refractivity contribution in [2.45, 2.75) is 26.6 Å². The maximum absolute atomic E-state index is 13.5. The first-order chi connectivity index (χ1) is 15.4. The van der Waals surface area contributed by atoms with Gasteiger partial charge in [-0.1, -0.05) is 11.2 Å². The summed E-state index contributed by atoms with van der Waals surface area (Å²) in [5.74, 6) is -0.721. The van der Waals surface area contributed by atoms with E-state index in [1.807, 2.05) is 6.92 Å². The Bertz CT molecular complexity index is 1130. The molecule has 0 aliphatic carbocycles. The molecule has 3 N–H and O–H groups in total. The van der Waals surface area contributed by atoms with E-state index in [9.17, 15) is 14.0 Å². The number of amides is 2. The molecular formula is C23H24FN5O3. The van der Waals surface area contributed by atoms with Crippen molar-refractivity contribution in [3.63, 3.8) is 0 Å². The highest BCUT2D eigenvalue weighted by Crippen LogP contribution is 2.25. The number of aryl methyl sites for hydroxylation is 1. The third-order valence-corrected chi connectivity index (χ3v) is 5.29. The van der Waals surface area contributed by atoms with Crippen LogP contribution in [-0.2, 0) is 6.67 Å². The molecule has 3 aromatic rings. The number of carbonyl (C=O) groups is 2. The van der Waals surface area contributed by atoms with E-state index in [2.05, 4.69) is 32.9 Å². The molecule has 2 heterocycles. The fraction of sp³-hybridized carbons (Fsp3) is 0.261. The Hall–Kier alpha value is -3.72. The van der Waals surface area contributed by atoms with Crippen LogP contribution in [-0.4, -0.2) is 36.2 Å². The van der Waals surface area contributed by atoms with Crippen LogP contribution in [0.5, 0.6) is 0 Å². The maximum Gasteiger partial charge on any atom is 0.294 e. The van der Waals surface area contributed by atoms with Gasteiger partial charge in [0.15, 0.2) is 0 Å². The molecule has 1 aliphatic rings. The highest BCUT2D eigenvalue weighted by molar-refractivity contribution is 6.06. The van der Waals surface area contributed by atoms with Gasteiger partial charge in [0.05, 0.1) is 12.9 Å². The van der Waals surface area contributed by atoms with Crippen LogP contribution >= 0.6 is 0 Å². The van der Waals surface area contributed by atoms with Crippen LogP contribution in [0.3, 0.4) is 0 Å². The lowest BCUT2D eigenvalue weighted by Gasteiger charge is -2.19. The highest BCUT2D eigenvalue weighted by atomic mass is 19.1. The monoisotopic (exact) mass is 437 g/mol. The number of nitrogens with zero attached hydrogens (tertiary/aromatic N) is 2. The Labute approximate surface area is 184 Å². The van der Waals surface area contributed by atoms with E-state index in [1.165, 1.54) is 12.3 Å². The number of anilines is 3. The largest absolute Gasteiger partial charge is 0.357 e. The zero-order valence-corrected chi connectivity index (χ0v) is 17.8. The number of rotatable bonds is 6. The van der Waals surface area contributed by atoms with Crippen LogP contribution in [0, 0.1) is 6.92 Å². The maximum atomic E-state index is 13.5. The molecule has 9 heteroatoms. The first-order valence-electron chi connectivity index (χ1n) is 10.2. The van der Waals surface area contributed by atoms with Gasteiger partial charge in [-0.15, -0.1) is 0 Å². The lowest BCUT2D eigenvalue weighted by molar-refractivity contribution is 0.0986. The lowest BCUT2D eigenvalue weighted by Crippen LogP contribution is -2.22. The molecular weight excluding hydrogens is 413 g/mol. The van der Waals surface area contributed by atoms with Crippen LogP contribution in [0.1, 0.15) is 39.0 Å². The SMILES string of the molecule is Cc1ccc(NC(=O)c2cc(CF)cc(N3CNC(C)C3)c2)cc1NC(=O)c1ccno1. The van der Waals surface area contributed by atoms with Crippen LogP contribution in [0.4, 0.5) is 21.5 Å². The summed E-state index contributed by atoms with van der Waals surface area (Å²) in [6, 6.07) is 12.0. The molecule has 32 heavy (non-hydrogen) atoms. The second kappa shape index (κ2) is 9.19. The van der Waals surface area contributed by atoms with Crippen molar-refractivity contribution in [3.8, 4) is 0 Å². The zero-order chi connectivity index (χ0) is 22.7. The number of halogens is 1. The number of hydrogen-bond donors (Lipinski definition) is 3. The summed E-state index contributed by atoms with van der Waals surface area (Å²) < 4.78 is 18.3. The van der Waals surface area contributed by atoms with Crippen LogP contribution in [0.2, 0.25) is 0 Å². The summed E-state index contributed by atoms with van der Waals surface area (Å²) in [6.07, 6.45) is 1.39. The second-order valence-electron chi connectivity index (χ2n) is 7.82. The molecule has 8 nitrogen and oxygen atoms in total. The average Bonchev–Trinajstić information content (AvgIpc) is 3.48. The summed E-state index contributed by atoms with van der Waals surface area (Å²) >= 11 is 0. The van der Waals surface area contributed by atoms with Crippen molar-refractivity contribution in [2.24, 2.45) is 0 Å². The molecule has 0 radical (unpaired) electrons. The highest BCUT2D eigenvalue weighted by Gasteiger charge is 2.20. The summed E-state index contributed by atoms with van der Waals surface area (Å²) in [5.41, 5.74) is 3.44. The van der Waals surface area contributed by atoms with Crippen molar-refractivity contribution >= 4 is 28.9 Å². The Morgan fingerprint density at radius 2 is 2.03 bits per heavy atom. The predicted molar refractivity (Wildman–Crippen MR) is 120 cm³/mol. The molecule has 1 atom stereocenters. The topological polar surface area (TPSA) is 99.5 Å². The number of aromatic nitrogens is 1. The minimum Gasteiger partial charge on any atom is -0.357 e. The van der Waals surface area contributed by atoms with E-state index in [0.29, 0.717) is 35.2 Å². The molecule has 1 aromatic heterocycles. The molecule has 1 aliphatic heterocycles. The van der Waals surface area contributed by atoms with E-state index in [4.69, 9.17) is 4.52 Å². The van der Waals surface area contributed by atoms with Gasteiger partial charge in [0.1, 0.15) is 6.67 Å². The van der Waals surface area contributed by atoms with E-state index in [0.717, 1.165) is 17.8 Å². The Kier molecular flexibility index (Phi) is 6.18. The van der Waals surface area contributed by atoms with Gasteiger partial charge in [0, 0.05) is 41.3 Å². The second-order valence-corrected chi connectivity index (χ2v) is 7.82. The summed E-state index contributed by atoms with van der Waals surface area (Å²) in [5, 5.41) is 12.4. The molecule has 1 saturated heterocycles. The minimum absolute atomic E-state index is 0.0835. The van der Waals surface area contributed by atoms with Gasteiger partial charge in [-0.3, -0.25) is 14.9 Å². The number of alkyl halides is 1. The van der Waals surface area contributed by atoms with Crippen LogP contribution < -0.4 is 20.9 Å². The van der Waals surface area contributed by atoms with E-state index in [1.54, 1.807) is 36.4 Å². The van der Waals surface area contributed by atoms with Gasteiger partial charge >= 0.3 is 0 Å². The van der Waals surface area contributed by atoms with E-state index >= 15 is 0 Å². The molecule has 1 unspecified atom stereocenters. The smallest absolute Gasteiger partial charge is 0.294 e. The molecule has 1 fully saturated rings. The van der Waals surface area contributed by atoms with Crippen molar-refractivity contribution < 1.29 is 18.5 Å². The van der Waals surface area contributed by atoms with Crippen LogP contribution in [0.15, 0.2) is 53.2 Å². The van der Waals surface area contributed by atoms with Crippen molar-refractivity contribution in [1.82, 2.24) is 10.5 Å². The average molecular weight is 437 g/mol. The fourth-order valence-electron chi connectivity index (χ4n) is 3.54. The van der Waals surface area contributed by atoms with Crippen molar-refractivity contribution in [2.75, 3.05) is 28.7 Å². The van der Waals surface area contributed by atoms with E-state index < -0.39 is 12.6 Å².